The molecule has 3 N–H and O–H groups in total. The van der Waals surface area contributed by atoms with E-state index in [4.69, 9.17) is 5.11 Å². The maximum Gasteiger partial charge on any atom is 0.382 e. The second-order valence-corrected chi connectivity index (χ2v) is 7.33. The Balaban J connectivity index is 0.000000252. The highest BCUT2D eigenvalue weighted by Gasteiger charge is 2.19. The minimum Gasteiger partial charge on any atom is -0.480 e. The highest BCUT2D eigenvalue weighted by Crippen LogP contribution is 2.22. The van der Waals surface area contributed by atoms with Crippen molar-refractivity contribution in [1.82, 2.24) is 10.0 Å². The normalized spacial score (nSPS) is 18.7. The fourth-order valence-corrected chi connectivity index (χ4v) is 3.63. The molecule has 0 bridgehead atoms. The molecule has 0 unspecified atom stereocenters. The van der Waals surface area contributed by atoms with Gasteiger partial charge >= 0.3 is 11.3 Å². The van der Waals surface area contributed by atoms with Gasteiger partial charge < -0.3 is 15.2 Å². The van der Waals surface area contributed by atoms with Crippen LogP contribution in [-0.4, -0.2) is 41.6 Å². The Morgan fingerprint density at radius 2 is 1.56 bits per heavy atom. The summed E-state index contributed by atoms with van der Waals surface area (Å²) in [6.45, 7) is 3.18. The quantitative estimate of drug-likeness (QED) is 0.355. The molecule has 0 radical (unpaired) electrons. The van der Waals surface area contributed by atoms with Gasteiger partial charge in [-0.15, -0.1) is 0 Å². The second kappa shape index (κ2) is 14.2. The Kier molecular flexibility index (Phi) is 12.5. The smallest absolute Gasteiger partial charge is 0.382 e. The van der Waals surface area contributed by atoms with E-state index in [1.807, 2.05) is 0 Å². The van der Waals surface area contributed by atoms with Crippen molar-refractivity contribution in [2.45, 2.75) is 76.3 Å². The van der Waals surface area contributed by atoms with Gasteiger partial charge in [-0.2, -0.15) is 0 Å². The van der Waals surface area contributed by atoms with Crippen LogP contribution >= 0.6 is 11.9 Å². The number of carboxylic acids is 1. The standard InChI is InChI=1S/C12H23N.C6H9NO4S/c1-3-7-11(8-4-1)13-12-9-5-2-6-10-12;1-2-3-11-6(10)12-7-4-5(8)9/h11-13H,1-10H2;2,7H,1,3-4H2,(H,8,9). The van der Waals surface area contributed by atoms with Gasteiger partial charge in [0.1, 0.15) is 13.2 Å². The molecular weight excluding hydrogens is 340 g/mol. The summed E-state index contributed by atoms with van der Waals surface area (Å²) in [6, 6.07) is 1.74. The maximum atomic E-state index is 10.6. The van der Waals surface area contributed by atoms with Gasteiger partial charge in [0.25, 0.3) is 0 Å². The van der Waals surface area contributed by atoms with Gasteiger partial charge in [0.05, 0.1) is 0 Å². The van der Waals surface area contributed by atoms with Gasteiger partial charge in [0.15, 0.2) is 0 Å². The summed E-state index contributed by atoms with van der Waals surface area (Å²) in [5, 5.41) is 11.4. The number of carbonyl (C=O) groups excluding carboxylic acids is 1. The second-order valence-electron chi connectivity index (χ2n) is 6.50. The first-order valence-electron chi connectivity index (χ1n) is 9.27. The molecule has 2 aliphatic rings. The van der Waals surface area contributed by atoms with Crippen molar-refractivity contribution in [3.05, 3.63) is 12.7 Å². The molecule has 2 saturated carbocycles. The zero-order valence-corrected chi connectivity index (χ0v) is 15.8. The summed E-state index contributed by atoms with van der Waals surface area (Å²) in [4.78, 5) is 20.6. The van der Waals surface area contributed by atoms with Crippen LogP contribution in [0.4, 0.5) is 4.79 Å². The van der Waals surface area contributed by atoms with Crippen LogP contribution in [0.1, 0.15) is 64.2 Å². The first-order chi connectivity index (χ1) is 12.1. The molecule has 0 aromatic rings. The van der Waals surface area contributed by atoms with Crippen LogP contribution in [0.15, 0.2) is 12.7 Å². The van der Waals surface area contributed by atoms with E-state index in [1.54, 1.807) is 0 Å². The van der Waals surface area contributed by atoms with Gasteiger partial charge in [0, 0.05) is 24.0 Å². The van der Waals surface area contributed by atoms with Gasteiger partial charge in [-0.3, -0.25) is 4.79 Å². The number of aliphatic carboxylic acids is 1. The molecule has 0 aromatic heterocycles. The predicted octanol–water partition coefficient (Wildman–Crippen LogP) is 3.87. The molecule has 144 valence electrons. The van der Waals surface area contributed by atoms with E-state index >= 15 is 0 Å². The lowest BCUT2D eigenvalue weighted by Crippen LogP contribution is -2.40. The molecule has 25 heavy (non-hydrogen) atoms. The van der Waals surface area contributed by atoms with E-state index in [9.17, 15) is 9.59 Å². The van der Waals surface area contributed by atoms with Crippen molar-refractivity contribution in [2.24, 2.45) is 0 Å². The SMILES string of the molecule is C1CCC(NC2CCCCC2)CC1.C=CCOC(=O)SNCC(=O)O. The minimum atomic E-state index is -1.03. The Bertz CT molecular complexity index is 379. The van der Waals surface area contributed by atoms with Crippen LogP contribution in [0.3, 0.4) is 0 Å². The topological polar surface area (TPSA) is 87.7 Å². The molecule has 2 rings (SSSR count). The molecular formula is C18H32N2O4S. The summed E-state index contributed by atoms with van der Waals surface area (Å²) >= 11 is 0.605. The summed E-state index contributed by atoms with van der Waals surface area (Å²) in [6.07, 6.45) is 16.0. The fraction of sp³-hybridized carbons (Fsp3) is 0.778. The number of hydrogen-bond donors (Lipinski definition) is 3. The lowest BCUT2D eigenvalue weighted by molar-refractivity contribution is -0.135. The first kappa shape index (κ1) is 22.0. The Morgan fingerprint density at radius 3 is 2.00 bits per heavy atom. The largest absolute Gasteiger partial charge is 0.480 e. The summed E-state index contributed by atoms with van der Waals surface area (Å²) in [5.41, 5.74) is 0. The third-order valence-corrected chi connectivity index (χ3v) is 4.95. The van der Waals surface area contributed by atoms with Crippen LogP contribution < -0.4 is 10.0 Å². The van der Waals surface area contributed by atoms with Gasteiger partial charge in [0.2, 0.25) is 0 Å². The van der Waals surface area contributed by atoms with Crippen LogP contribution in [0.5, 0.6) is 0 Å². The van der Waals surface area contributed by atoms with Crippen LogP contribution in [-0.2, 0) is 9.53 Å². The van der Waals surface area contributed by atoms with E-state index in [0.717, 1.165) is 12.1 Å². The maximum absolute atomic E-state index is 10.6. The summed E-state index contributed by atoms with van der Waals surface area (Å²) in [7, 11) is 0. The third-order valence-electron chi connectivity index (χ3n) is 4.38. The molecule has 0 amide bonds. The van der Waals surface area contributed by atoms with Crippen molar-refractivity contribution in [3.8, 4) is 0 Å². The third kappa shape index (κ3) is 12.0. The molecule has 7 heteroatoms. The molecule has 2 aliphatic carbocycles. The molecule has 2 fully saturated rings. The van der Waals surface area contributed by atoms with Gasteiger partial charge in [-0.05, 0) is 25.7 Å². The number of hydrogen-bond acceptors (Lipinski definition) is 6. The summed E-state index contributed by atoms with van der Waals surface area (Å²) in [5.74, 6) is -1.03. The monoisotopic (exact) mass is 372 g/mol. The first-order valence-corrected chi connectivity index (χ1v) is 10.1. The number of nitrogens with one attached hydrogen (secondary N) is 2. The molecule has 0 atom stereocenters. The van der Waals surface area contributed by atoms with Crippen molar-refractivity contribution in [1.29, 1.82) is 0 Å². The average molecular weight is 373 g/mol. The van der Waals surface area contributed by atoms with E-state index in [2.05, 4.69) is 21.4 Å². The zero-order valence-electron chi connectivity index (χ0n) is 15.0. The van der Waals surface area contributed by atoms with Crippen LogP contribution in [0.2, 0.25) is 0 Å². The lowest BCUT2D eigenvalue weighted by atomic mass is 9.91. The highest BCUT2D eigenvalue weighted by molar-refractivity contribution is 8.11. The lowest BCUT2D eigenvalue weighted by Gasteiger charge is -2.30. The number of rotatable bonds is 7. The number of ether oxygens (including phenoxy) is 1. The Hall–Kier alpha value is -1.05. The van der Waals surface area contributed by atoms with Crippen molar-refractivity contribution < 1.29 is 19.4 Å². The number of carbonyl (C=O) groups is 2. The number of carboxylic acid groups (broad SMARTS) is 1. The van der Waals surface area contributed by atoms with Crippen molar-refractivity contribution in [2.75, 3.05) is 13.2 Å². The molecule has 0 aliphatic heterocycles. The molecule has 0 aromatic carbocycles. The molecule has 0 spiro atoms. The van der Waals surface area contributed by atoms with E-state index in [-0.39, 0.29) is 13.2 Å². The van der Waals surface area contributed by atoms with Gasteiger partial charge in [-0.1, -0.05) is 51.2 Å². The van der Waals surface area contributed by atoms with E-state index in [0.29, 0.717) is 11.9 Å². The van der Waals surface area contributed by atoms with E-state index < -0.39 is 11.3 Å². The van der Waals surface area contributed by atoms with Gasteiger partial charge in [-0.25, -0.2) is 9.52 Å². The Labute approximate surface area is 155 Å². The molecule has 6 nitrogen and oxygen atoms in total. The van der Waals surface area contributed by atoms with Crippen molar-refractivity contribution in [3.63, 3.8) is 0 Å². The molecule has 0 heterocycles. The van der Waals surface area contributed by atoms with Crippen molar-refractivity contribution >= 4 is 23.2 Å². The average Bonchev–Trinajstić information content (AvgIpc) is 2.62. The summed E-state index contributed by atoms with van der Waals surface area (Å²) < 4.78 is 6.83. The minimum absolute atomic E-state index is 0.126. The highest BCUT2D eigenvalue weighted by atomic mass is 32.2. The fourth-order valence-electron chi connectivity index (χ4n) is 3.19. The Morgan fingerprint density at radius 1 is 1.04 bits per heavy atom. The zero-order chi connectivity index (χ0) is 18.3. The van der Waals surface area contributed by atoms with Crippen LogP contribution in [0, 0.1) is 0 Å². The predicted molar refractivity (Wildman–Crippen MR) is 102 cm³/mol. The van der Waals surface area contributed by atoms with E-state index in [1.165, 1.54) is 70.3 Å². The molecule has 0 saturated heterocycles. The van der Waals surface area contributed by atoms with Crippen LogP contribution in [0.25, 0.3) is 0 Å².